The minimum absolute atomic E-state index is 1.08. The van der Waals surface area contributed by atoms with Crippen molar-refractivity contribution < 1.29 is 0 Å². The van der Waals surface area contributed by atoms with Crippen molar-refractivity contribution in [3.05, 3.63) is 150 Å². The molecule has 44 heavy (non-hydrogen) atoms. The van der Waals surface area contributed by atoms with Gasteiger partial charge in [0.15, 0.2) is 0 Å². The average Bonchev–Trinajstić information content (AvgIpc) is 3.44. The highest BCUT2D eigenvalue weighted by Gasteiger charge is 2.30. The molecule has 0 saturated carbocycles. The molecule has 0 bridgehead atoms. The third-order valence-corrected chi connectivity index (χ3v) is 10.4. The molecule has 2 heterocycles. The molecule has 8 aromatic rings. The lowest BCUT2D eigenvalue weighted by molar-refractivity contribution is 1.26. The standard InChI is InChI=1S/C40H25BrN2S/c41-32-18-8-6-16-28(32)30-22-25-12-4-5-13-26(25)23-31(30)39-38-29-17-7-11-21-36(29)44-37(38)24-35-40(39)42-33-19-9-10-20-34(33)43(35)27-14-2-1-3-15-27/h1-24,42H. The predicted octanol–water partition coefficient (Wildman–Crippen LogP) is 12.8. The van der Waals surface area contributed by atoms with Gasteiger partial charge >= 0.3 is 0 Å². The van der Waals surface area contributed by atoms with Gasteiger partial charge in [0, 0.05) is 35.9 Å². The summed E-state index contributed by atoms with van der Waals surface area (Å²) in [6, 6.07) is 52.5. The molecule has 208 valence electrons. The molecule has 0 spiro atoms. The smallest absolute Gasteiger partial charge is 0.0718 e. The number of para-hydroxylation sites is 3. The number of fused-ring (bicyclic) bond motifs is 6. The van der Waals surface area contributed by atoms with Gasteiger partial charge in [-0.05, 0) is 82.1 Å². The first-order valence-corrected chi connectivity index (χ1v) is 16.3. The monoisotopic (exact) mass is 644 g/mol. The SMILES string of the molecule is Brc1ccccc1-c1cc2ccccc2cc1-c1c2c(cc3sc4ccccc4c13)N(c1ccccc1)c1ccccc1N2. The van der Waals surface area contributed by atoms with Crippen molar-refractivity contribution in [2.75, 3.05) is 10.2 Å². The number of nitrogens with zero attached hydrogens (tertiary/aromatic N) is 1. The van der Waals surface area contributed by atoms with Gasteiger partial charge in [-0.2, -0.15) is 0 Å². The Morgan fingerprint density at radius 3 is 2.07 bits per heavy atom. The molecule has 0 amide bonds. The van der Waals surface area contributed by atoms with Crippen molar-refractivity contribution >= 4 is 86.6 Å². The first-order chi connectivity index (χ1) is 21.7. The van der Waals surface area contributed by atoms with E-state index in [1.807, 2.05) is 11.3 Å². The molecule has 9 rings (SSSR count). The maximum atomic E-state index is 3.95. The summed E-state index contributed by atoms with van der Waals surface area (Å²) in [7, 11) is 0. The van der Waals surface area contributed by atoms with Gasteiger partial charge < -0.3 is 10.2 Å². The van der Waals surface area contributed by atoms with Gasteiger partial charge in [-0.3, -0.25) is 0 Å². The molecular formula is C40H25BrN2S. The van der Waals surface area contributed by atoms with Crippen LogP contribution in [-0.2, 0) is 0 Å². The van der Waals surface area contributed by atoms with Crippen LogP contribution in [0.5, 0.6) is 0 Å². The molecule has 4 heteroatoms. The van der Waals surface area contributed by atoms with Crippen LogP contribution in [0.15, 0.2) is 150 Å². The van der Waals surface area contributed by atoms with Crippen molar-refractivity contribution in [3.8, 4) is 22.3 Å². The Labute approximate surface area is 268 Å². The Kier molecular flexibility index (Phi) is 5.87. The lowest BCUT2D eigenvalue weighted by Gasteiger charge is -2.35. The molecule has 2 nitrogen and oxygen atoms in total. The lowest BCUT2D eigenvalue weighted by Crippen LogP contribution is -2.18. The second kappa shape index (κ2) is 10.1. The third-order valence-electron chi connectivity index (χ3n) is 8.63. The summed E-state index contributed by atoms with van der Waals surface area (Å²) in [5.74, 6) is 0. The van der Waals surface area contributed by atoms with Crippen LogP contribution >= 0.6 is 27.3 Å². The summed E-state index contributed by atoms with van der Waals surface area (Å²) in [6.07, 6.45) is 0. The number of hydrogen-bond acceptors (Lipinski definition) is 3. The molecule has 0 atom stereocenters. The fourth-order valence-corrected chi connectivity index (χ4v) is 8.34. The highest BCUT2D eigenvalue weighted by molar-refractivity contribution is 9.10. The first-order valence-electron chi connectivity index (χ1n) is 14.7. The molecule has 0 radical (unpaired) electrons. The average molecular weight is 646 g/mol. The van der Waals surface area contributed by atoms with E-state index in [-0.39, 0.29) is 0 Å². The van der Waals surface area contributed by atoms with Crippen LogP contribution in [0.2, 0.25) is 0 Å². The quantitative estimate of drug-likeness (QED) is 0.206. The molecule has 1 N–H and O–H groups in total. The molecule has 1 aliphatic heterocycles. The normalized spacial score (nSPS) is 12.3. The topological polar surface area (TPSA) is 15.3 Å². The zero-order valence-electron chi connectivity index (χ0n) is 23.6. The fraction of sp³-hybridized carbons (Fsp3) is 0. The molecule has 0 fully saturated rings. The second-order valence-electron chi connectivity index (χ2n) is 11.2. The maximum absolute atomic E-state index is 3.95. The Hall–Kier alpha value is -4.90. The second-order valence-corrected chi connectivity index (χ2v) is 13.1. The van der Waals surface area contributed by atoms with Crippen molar-refractivity contribution in [1.29, 1.82) is 0 Å². The molecule has 1 aromatic heterocycles. The van der Waals surface area contributed by atoms with Gasteiger partial charge in [0.05, 0.1) is 22.7 Å². The summed E-state index contributed by atoms with van der Waals surface area (Å²) in [5, 5.41) is 8.96. The summed E-state index contributed by atoms with van der Waals surface area (Å²) in [5.41, 5.74) is 10.4. The number of benzene rings is 7. The van der Waals surface area contributed by atoms with Crippen LogP contribution in [0.3, 0.4) is 0 Å². The van der Waals surface area contributed by atoms with E-state index in [0.717, 1.165) is 32.9 Å². The maximum Gasteiger partial charge on any atom is 0.0718 e. The number of anilines is 5. The number of thiophene rings is 1. The zero-order chi connectivity index (χ0) is 29.2. The number of halogens is 1. The third kappa shape index (κ3) is 3.92. The van der Waals surface area contributed by atoms with Gasteiger partial charge in [0.1, 0.15) is 0 Å². The fourth-order valence-electron chi connectivity index (χ4n) is 6.69. The minimum Gasteiger partial charge on any atom is -0.352 e. The lowest BCUT2D eigenvalue weighted by atomic mass is 9.87. The van der Waals surface area contributed by atoms with E-state index in [1.54, 1.807) is 0 Å². The summed E-state index contributed by atoms with van der Waals surface area (Å²) in [6.45, 7) is 0. The van der Waals surface area contributed by atoms with Gasteiger partial charge in [-0.25, -0.2) is 0 Å². The van der Waals surface area contributed by atoms with Crippen LogP contribution in [0.4, 0.5) is 28.4 Å². The highest BCUT2D eigenvalue weighted by atomic mass is 79.9. The molecule has 0 aliphatic carbocycles. The van der Waals surface area contributed by atoms with Crippen LogP contribution in [0.1, 0.15) is 0 Å². The first kappa shape index (κ1) is 25.6. The highest BCUT2D eigenvalue weighted by Crippen LogP contribution is 2.57. The molecular weight excluding hydrogens is 620 g/mol. The molecule has 1 aliphatic rings. The minimum atomic E-state index is 1.08. The van der Waals surface area contributed by atoms with E-state index in [9.17, 15) is 0 Å². The van der Waals surface area contributed by atoms with E-state index < -0.39 is 0 Å². The zero-order valence-corrected chi connectivity index (χ0v) is 26.0. The number of nitrogens with one attached hydrogen (secondary N) is 1. The number of rotatable bonds is 3. The Bertz CT molecular complexity index is 2390. The van der Waals surface area contributed by atoms with E-state index in [4.69, 9.17) is 0 Å². The van der Waals surface area contributed by atoms with Crippen LogP contribution < -0.4 is 10.2 Å². The van der Waals surface area contributed by atoms with E-state index in [2.05, 4.69) is 172 Å². The van der Waals surface area contributed by atoms with Crippen LogP contribution in [-0.4, -0.2) is 0 Å². The summed E-state index contributed by atoms with van der Waals surface area (Å²) < 4.78 is 3.64. The van der Waals surface area contributed by atoms with E-state index in [0.29, 0.717) is 0 Å². The summed E-state index contributed by atoms with van der Waals surface area (Å²) >= 11 is 5.77. The van der Waals surface area contributed by atoms with Crippen molar-refractivity contribution in [2.24, 2.45) is 0 Å². The van der Waals surface area contributed by atoms with Crippen molar-refractivity contribution in [1.82, 2.24) is 0 Å². The van der Waals surface area contributed by atoms with Crippen molar-refractivity contribution in [3.63, 3.8) is 0 Å². The van der Waals surface area contributed by atoms with Gasteiger partial charge in [-0.15, -0.1) is 11.3 Å². The largest absolute Gasteiger partial charge is 0.352 e. The van der Waals surface area contributed by atoms with Gasteiger partial charge in [0.2, 0.25) is 0 Å². The van der Waals surface area contributed by atoms with Crippen LogP contribution in [0, 0.1) is 0 Å². The molecule has 7 aromatic carbocycles. The van der Waals surface area contributed by atoms with Crippen LogP contribution in [0.25, 0.3) is 53.2 Å². The van der Waals surface area contributed by atoms with Gasteiger partial charge in [0.25, 0.3) is 0 Å². The van der Waals surface area contributed by atoms with E-state index >= 15 is 0 Å². The Morgan fingerprint density at radius 2 is 1.23 bits per heavy atom. The molecule has 0 saturated heterocycles. The van der Waals surface area contributed by atoms with E-state index in [1.165, 1.54) is 53.2 Å². The predicted molar refractivity (Wildman–Crippen MR) is 193 cm³/mol. The summed E-state index contributed by atoms with van der Waals surface area (Å²) in [4.78, 5) is 2.41. The Balaban J connectivity index is 1.47. The van der Waals surface area contributed by atoms with Gasteiger partial charge in [-0.1, -0.05) is 107 Å². The number of hydrogen-bond donors (Lipinski definition) is 1. The van der Waals surface area contributed by atoms with Crippen molar-refractivity contribution in [2.45, 2.75) is 0 Å². The molecule has 0 unspecified atom stereocenters. The Morgan fingerprint density at radius 1 is 0.545 bits per heavy atom.